The largest absolute Gasteiger partial charge is 0.465 e. The maximum absolute atomic E-state index is 12.1. The molecule has 0 amide bonds. The van der Waals surface area contributed by atoms with Crippen molar-refractivity contribution in [1.29, 1.82) is 0 Å². The second-order valence-corrected chi connectivity index (χ2v) is 6.45. The summed E-state index contributed by atoms with van der Waals surface area (Å²) in [5.41, 5.74) is 0.562. The molecule has 2 aliphatic heterocycles. The van der Waals surface area contributed by atoms with E-state index in [2.05, 4.69) is 12.1 Å². The molecule has 0 radical (unpaired) electrons. The standard InChI is InChI=1S/C18H24O4/c1-2-21-16(19)17-8-10-18(11-9-17,22-13-17)14-20-12-15-6-4-3-5-7-15/h3-7H,2,8-14H2,1H3. The molecule has 3 fully saturated rings. The third-order valence-corrected chi connectivity index (χ3v) is 4.96. The van der Waals surface area contributed by atoms with Crippen molar-refractivity contribution in [2.75, 3.05) is 19.8 Å². The van der Waals surface area contributed by atoms with Crippen molar-refractivity contribution in [3.63, 3.8) is 0 Å². The Balaban J connectivity index is 1.52. The molecular weight excluding hydrogens is 280 g/mol. The Morgan fingerprint density at radius 2 is 1.91 bits per heavy atom. The normalized spacial score (nSPS) is 30.2. The molecule has 4 nitrogen and oxygen atoms in total. The Morgan fingerprint density at radius 1 is 1.18 bits per heavy atom. The van der Waals surface area contributed by atoms with Gasteiger partial charge in [-0.25, -0.2) is 0 Å². The van der Waals surface area contributed by atoms with Crippen LogP contribution in [0.2, 0.25) is 0 Å². The highest BCUT2D eigenvalue weighted by atomic mass is 16.6. The zero-order chi connectivity index (χ0) is 15.5. The van der Waals surface area contributed by atoms with Gasteiger partial charge in [-0.2, -0.15) is 0 Å². The number of hydrogen-bond acceptors (Lipinski definition) is 4. The SMILES string of the molecule is CCOC(=O)C12CCC(COCc3ccccc3)(CC1)OC2. The van der Waals surface area contributed by atoms with E-state index in [1.54, 1.807) is 0 Å². The van der Waals surface area contributed by atoms with E-state index in [0.29, 0.717) is 26.4 Å². The lowest BCUT2D eigenvalue weighted by molar-refractivity contribution is -0.219. The first-order valence-corrected chi connectivity index (χ1v) is 8.11. The summed E-state index contributed by atoms with van der Waals surface area (Å²) in [5.74, 6) is -0.0893. The fraction of sp³-hybridized carbons (Fsp3) is 0.611. The Hall–Kier alpha value is -1.39. The van der Waals surface area contributed by atoms with E-state index in [1.807, 2.05) is 25.1 Å². The van der Waals surface area contributed by atoms with Gasteiger partial charge in [0.05, 0.1) is 37.4 Å². The molecule has 0 spiro atoms. The summed E-state index contributed by atoms with van der Waals surface area (Å²) in [6, 6.07) is 10.2. The quantitative estimate of drug-likeness (QED) is 0.758. The highest BCUT2D eigenvalue weighted by Crippen LogP contribution is 2.49. The first-order chi connectivity index (χ1) is 10.7. The van der Waals surface area contributed by atoms with E-state index in [0.717, 1.165) is 25.7 Å². The summed E-state index contributed by atoms with van der Waals surface area (Å²) >= 11 is 0. The van der Waals surface area contributed by atoms with Crippen molar-refractivity contribution in [2.45, 2.75) is 44.8 Å². The van der Waals surface area contributed by atoms with Crippen molar-refractivity contribution in [1.82, 2.24) is 0 Å². The second kappa shape index (κ2) is 6.39. The molecule has 3 aliphatic rings. The Morgan fingerprint density at radius 3 is 2.50 bits per heavy atom. The van der Waals surface area contributed by atoms with Crippen LogP contribution in [0.15, 0.2) is 30.3 Å². The zero-order valence-electron chi connectivity index (χ0n) is 13.2. The molecule has 0 atom stereocenters. The molecule has 2 bridgehead atoms. The van der Waals surface area contributed by atoms with E-state index in [9.17, 15) is 4.79 Å². The van der Waals surface area contributed by atoms with E-state index in [1.165, 1.54) is 5.56 Å². The van der Waals surface area contributed by atoms with Gasteiger partial charge in [-0.15, -0.1) is 0 Å². The zero-order valence-corrected chi connectivity index (χ0v) is 13.2. The van der Waals surface area contributed by atoms with Crippen LogP contribution in [0.1, 0.15) is 38.2 Å². The second-order valence-electron chi connectivity index (χ2n) is 6.45. The number of hydrogen-bond donors (Lipinski definition) is 0. The molecule has 22 heavy (non-hydrogen) atoms. The van der Waals surface area contributed by atoms with Gasteiger partial charge in [0, 0.05) is 0 Å². The third-order valence-electron chi connectivity index (χ3n) is 4.96. The van der Waals surface area contributed by atoms with Gasteiger partial charge in [-0.05, 0) is 38.2 Å². The van der Waals surface area contributed by atoms with Gasteiger partial charge < -0.3 is 14.2 Å². The number of benzene rings is 1. The lowest BCUT2D eigenvalue weighted by Gasteiger charge is -2.51. The van der Waals surface area contributed by atoms with Crippen LogP contribution in [0.25, 0.3) is 0 Å². The molecule has 4 heteroatoms. The predicted molar refractivity (Wildman–Crippen MR) is 82.3 cm³/mol. The van der Waals surface area contributed by atoms with Crippen LogP contribution in [-0.2, 0) is 25.6 Å². The van der Waals surface area contributed by atoms with Gasteiger partial charge >= 0.3 is 5.97 Å². The molecule has 0 aromatic heterocycles. The van der Waals surface area contributed by atoms with E-state index in [-0.39, 0.29) is 11.6 Å². The molecule has 1 aliphatic carbocycles. The number of fused-ring (bicyclic) bond motifs is 3. The molecule has 0 N–H and O–H groups in total. The Bertz CT molecular complexity index is 487. The Kier molecular flexibility index (Phi) is 4.50. The summed E-state index contributed by atoms with van der Waals surface area (Å²) in [6.45, 7) is 3.96. The molecule has 0 unspecified atom stereocenters. The van der Waals surface area contributed by atoms with Crippen LogP contribution in [0.5, 0.6) is 0 Å². The van der Waals surface area contributed by atoms with Crippen LogP contribution >= 0.6 is 0 Å². The van der Waals surface area contributed by atoms with Crippen LogP contribution in [0.4, 0.5) is 0 Å². The maximum Gasteiger partial charge on any atom is 0.314 e. The van der Waals surface area contributed by atoms with Crippen LogP contribution in [0, 0.1) is 5.41 Å². The lowest BCUT2D eigenvalue weighted by atomic mass is 9.66. The number of carbonyl (C=O) groups excluding carboxylic acids is 1. The highest BCUT2D eigenvalue weighted by molar-refractivity contribution is 5.77. The summed E-state index contributed by atoms with van der Waals surface area (Å²) < 4.78 is 17.1. The predicted octanol–water partition coefficient (Wildman–Crippen LogP) is 3.10. The van der Waals surface area contributed by atoms with Gasteiger partial charge in [0.2, 0.25) is 0 Å². The molecule has 4 rings (SSSR count). The summed E-state index contributed by atoms with van der Waals surface area (Å²) in [6.07, 6.45) is 3.45. The van der Waals surface area contributed by atoms with Gasteiger partial charge in [-0.1, -0.05) is 30.3 Å². The number of esters is 1. The van der Waals surface area contributed by atoms with E-state index < -0.39 is 5.41 Å². The van der Waals surface area contributed by atoms with Crippen LogP contribution in [0.3, 0.4) is 0 Å². The van der Waals surface area contributed by atoms with Gasteiger partial charge in [-0.3, -0.25) is 4.79 Å². The lowest BCUT2D eigenvalue weighted by Crippen LogP contribution is -2.56. The molecule has 1 saturated carbocycles. The average molecular weight is 304 g/mol. The van der Waals surface area contributed by atoms with Crippen molar-refractivity contribution in [3.8, 4) is 0 Å². The minimum Gasteiger partial charge on any atom is -0.465 e. The van der Waals surface area contributed by atoms with Gasteiger partial charge in [0.1, 0.15) is 0 Å². The third kappa shape index (κ3) is 3.03. The summed E-state index contributed by atoms with van der Waals surface area (Å²) in [7, 11) is 0. The smallest absolute Gasteiger partial charge is 0.314 e. The first kappa shape index (κ1) is 15.5. The van der Waals surface area contributed by atoms with Crippen LogP contribution < -0.4 is 0 Å². The van der Waals surface area contributed by atoms with Crippen molar-refractivity contribution in [3.05, 3.63) is 35.9 Å². The monoisotopic (exact) mass is 304 g/mol. The average Bonchev–Trinajstić information content (AvgIpc) is 2.58. The molecule has 1 aromatic rings. The molecule has 2 heterocycles. The fourth-order valence-electron chi connectivity index (χ4n) is 3.43. The summed E-state index contributed by atoms with van der Waals surface area (Å²) in [5, 5.41) is 0. The summed E-state index contributed by atoms with van der Waals surface area (Å²) in [4.78, 5) is 12.1. The van der Waals surface area contributed by atoms with Crippen LogP contribution in [-0.4, -0.2) is 31.4 Å². The van der Waals surface area contributed by atoms with Gasteiger partial charge in [0.25, 0.3) is 0 Å². The Labute approximate surface area is 131 Å². The van der Waals surface area contributed by atoms with Crippen molar-refractivity contribution >= 4 is 5.97 Å². The number of rotatable bonds is 6. The fourth-order valence-corrected chi connectivity index (χ4v) is 3.43. The highest BCUT2D eigenvalue weighted by Gasteiger charge is 2.54. The topological polar surface area (TPSA) is 44.8 Å². The minimum absolute atomic E-state index is 0.0893. The van der Waals surface area contributed by atoms with Gasteiger partial charge in [0.15, 0.2) is 0 Å². The van der Waals surface area contributed by atoms with Crippen molar-refractivity contribution in [2.24, 2.45) is 5.41 Å². The minimum atomic E-state index is -0.406. The number of carbonyl (C=O) groups is 1. The molecule has 120 valence electrons. The number of ether oxygens (including phenoxy) is 3. The first-order valence-electron chi connectivity index (χ1n) is 8.11. The maximum atomic E-state index is 12.1. The van der Waals surface area contributed by atoms with Crippen molar-refractivity contribution < 1.29 is 19.0 Å². The molecular formula is C18H24O4. The van der Waals surface area contributed by atoms with E-state index >= 15 is 0 Å². The molecule has 1 aromatic carbocycles. The van der Waals surface area contributed by atoms with E-state index in [4.69, 9.17) is 14.2 Å². The molecule has 2 saturated heterocycles.